The van der Waals surface area contributed by atoms with E-state index in [4.69, 9.17) is 25.4 Å². The number of hydrogen-bond acceptors (Lipinski definition) is 4. The fraction of sp³-hybridized carbons (Fsp3) is 0.100. The molecule has 0 aliphatic heterocycles. The molecule has 4 nitrogen and oxygen atoms in total. The Kier molecular flexibility index (Phi) is 5.87. The van der Waals surface area contributed by atoms with Gasteiger partial charge in [-0.3, -0.25) is 0 Å². The van der Waals surface area contributed by atoms with Gasteiger partial charge in [0.15, 0.2) is 5.12 Å². The molecule has 26 heavy (non-hydrogen) atoms. The minimum atomic E-state index is -3.78. The lowest BCUT2D eigenvalue weighted by atomic mass is 10.2. The van der Waals surface area contributed by atoms with Crippen LogP contribution in [0, 0.1) is 0 Å². The predicted molar refractivity (Wildman–Crippen MR) is 103 cm³/mol. The monoisotopic (exact) mass is 388 g/mol. The van der Waals surface area contributed by atoms with Gasteiger partial charge in [-0.05, 0) is 42.0 Å². The van der Waals surface area contributed by atoms with Gasteiger partial charge in [0.05, 0.1) is 7.11 Å². The highest BCUT2D eigenvalue weighted by atomic mass is 35.5. The molecule has 0 saturated carbocycles. The zero-order chi connectivity index (χ0) is 18.4. The Morgan fingerprint density at radius 3 is 1.62 bits per heavy atom. The van der Waals surface area contributed by atoms with Crippen molar-refractivity contribution in [3.63, 3.8) is 0 Å². The van der Waals surface area contributed by atoms with Crippen LogP contribution in [0.1, 0.15) is 10.7 Å². The summed E-state index contributed by atoms with van der Waals surface area (Å²) >= 11 is 6.55. The molecule has 0 aromatic heterocycles. The van der Waals surface area contributed by atoms with E-state index in [9.17, 15) is 4.57 Å². The van der Waals surface area contributed by atoms with E-state index in [0.29, 0.717) is 22.8 Å². The SMILES string of the molecule is COc1ccc(C(Cl)P(=O)(Oc2ccccc2)Oc2ccccc2)cc1. The number of benzene rings is 3. The van der Waals surface area contributed by atoms with Gasteiger partial charge in [-0.25, -0.2) is 4.57 Å². The topological polar surface area (TPSA) is 44.8 Å². The minimum Gasteiger partial charge on any atom is -0.497 e. The lowest BCUT2D eigenvalue weighted by molar-refractivity contribution is 0.382. The third-order valence-electron chi connectivity index (χ3n) is 3.62. The Labute approximate surface area is 157 Å². The van der Waals surface area contributed by atoms with Crippen molar-refractivity contribution in [2.75, 3.05) is 7.11 Å². The Balaban J connectivity index is 1.94. The van der Waals surface area contributed by atoms with Crippen LogP contribution in [0.5, 0.6) is 17.2 Å². The van der Waals surface area contributed by atoms with Crippen LogP contribution in [0.25, 0.3) is 0 Å². The number of ether oxygens (including phenoxy) is 1. The van der Waals surface area contributed by atoms with Gasteiger partial charge in [-0.1, -0.05) is 48.5 Å². The molecule has 0 N–H and O–H groups in total. The molecule has 1 atom stereocenters. The van der Waals surface area contributed by atoms with E-state index >= 15 is 0 Å². The molecule has 0 amide bonds. The van der Waals surface area contributed by atoms with Crippen molar-refractivity contribution in [2.24, 2.45) is 0 Å². The fourth-order valence-corrected chi connectivity index (χ4v) is 4.29. The summed E-state index contributed by atoms with van der Waals surface area (Å²) < 4.78 is 30.2. The van der Waals surface area contributed by atoms with Crippen LogP contribution in [-0.4, -0.2) is 7.11 Å². The first-order valence-electron chi connectivity index (χ1n) is 7.98. The first-order chi connectivity index (χ1) is 12.6. The maximum absolute atomic E-state index is 13.6. The zero-order valence-corrected chi connectivity index (χ0v) is 15.8. The fourth-order valence-electron chi connectivity index (χ4n) is 2.31. The molecule has 3 aromatic carbocycles. The van der Waals surface area contributed by atoms with Crippen LogP contribution < -0.4 is 13.8 Å². The minimum absolute atomic E-state index is 0.422. The molecule has 0 bridgehead atoms. The van der Waals surface area contributed by atoms with Crippen molar-refractivity contribution in [2.45, 2.75) is 5.12 Å². The van der Waals surface area contributed by atoms with Gasteiger partial charge >= 0.3 is 7.60 Å². The molecule has 0 aliphatic carbocycles. The second kappa shape index (κ2) is 8.31. The van der Waals surface area contributed by atoms with Crippen molar-refractivity contribution in [3.8, 4) is 17.2 Å². The molecule has 1 unspecified atom stereocenters. The number of para-hydroxylation sites is 2. The molecular formula is C20H18ClO4P. The number of alkyl halides is 1. The first kappa shape index (κ1) is 18.4. The quantitative estimate of drug-likeness (QED) is 0.352. The molecule has 0 aliphatic rings. The lowest BCUT2D eigenvalue weighted by Gasteiger charge is -2.24. The highest BCUT2D eigenvalue weighted by Crippen LogP contribution is 2.62. The van der Waals surface area contributed by atoms with E-state index in [1.54, 1.807) is 79.9 Å². The summed E-state index contributed by atoms with van der Waals surface area (Å²) in [5.41, 5.74) is 0.614. The normalized spacial score (nSPS) is 12.2. The Morgan fingerprint density at radius 1 is 0.731 bits per heavy atom. The van der Waals surface area contributed by atoms with E-state index in [1.165, 1.54) is 0 Å². The highest BCUT2D eigenvalue weighted by molar-refractivity contribution is 7.56. The number of rotatable bonds is 7. The standard InChI is InChI=1S/C20H18ClO4P/c1-23-17-14-12-16(13-15-17)20(21)26(22,24-18-8-4-2-5-9-18)25-19-10-6-3-7-11-19/h2-15,20H,1H3. The van der Waals surface area contributed by atoms with Crippen molar-refractivity contribution in [3.05, 3.63) is 90.5 Å². The lowest BCUT2D eigenvalue weighted by Crippen LogP contribution is -2.07. The smallest absolute Gasteiger partial charge is 0.452 e. The van der Waals surface area contributed by atoms with E-state index < -0.39 is 12.7 Å². The summed E-state index contributed by atoms with van der Waals surface area (Å²) in [6.07, 6.45) is 0. The molecule has 6 heteroatoms. The highest BCUT2D eigenvalue weighted by Gasteiger charge is 2.39. The molecular weight excluding hydrogens is 371 g/mol. The summed E-state index contributed by atoms with van der Waals surface area (Å²) in [4.78, 5) is 0. The van der Waals surface area contributed by atoms with Crippen molar-refractivity contribution in [1.29, 1.82) is 0 Å². The van der Waals surface area contributed by atoms with Gasteiger partial charge in [-0.2, -0.15) is 0 Å². The van der Waals surface area contributed by atoms with Gasteiger partial charge in [0, 0.05) is 0 Å². The van der Waals surface area contributed by atoms with Crippen molar-refractivity contribution < 1.29 is 18.3 Å². The van der Waals surface area contributed by atoms with E-state index in [2.05, 4.69) is 0 Å². The van der Waals surface area contributed by atoms with Crippen LogP contribution in [-0.2, 0) is 4.57 Å². The Morgan fingerprint density at radius 2 is 1.19 bits per heavy atom. The maximum atomic E-state index is 13.6. The number of methoxy groups -OCH3 is 1. The van der Waals surface area contributed by atoms with Gasteiger partial charge in [0.25, 0.3) is 0 Å². The third kappa shape index (κ3) is 4.40. The van der Waals surface area contributed by atoms with Gasteiger partial charge < -0.3 is 13.8 Å². The molecule has 3 rings (SSSR count). The molecule has 3 aromatic rings. The van der Waals surface area contributed by atoms with Crippen LogP contribution in [0.15, 0.2) is 84.9 Å². The van der Waals surface area contributed by atoms with E-state index in [1.807, 2.05) is 12.1 Å². The summed E-state index contributed by atoms with van der Waals surface area (Å²) in [6.45, 7) is 0. The molecule has 134 valence electrons. The third-order valence-corrected chi connectivity index (χ3v) is 6.37. The zero-order valence-electron chi connectivity index (χ0n) is 14.1. The summed E-state index contributed by atoms with van der Waals surface area (Å²) in [7, 11) is -2.20. The van der Waals surface area contributed by atoms with Crippen LogP contribution >= 0.6 is 19.2 Å². The first-order valence-corrected chi connectivity index (χ1v) is 10.0. The van der Waals surface area contributed by atoms with E-state index in [-0.39, 0.29) is 0 Å². The van der Waals surface area contributed by atoms with Gasteiger partial charge in [0.2, 0.25) is 0 Å². The van der Waals surface area contributed by atoms with Gasteiger partial charge in [-0.15, -0.1) is 11.6 Å². The Hall–Kier alpha value is -2.42. The number of halogens is 1. The average Bonchev–Trinajstić information content (AvgIpc) is 2.69. The summed E-state index contributed by atoms with van der Waals surface area (Å²) in [6, 6.07) is 24.7. The van der Waals surface area contributed by atoms with Crippen LogP contribution in [0.2, 0.25) is 0 Å². The maximum Gasteiger partial charge on any atom is 0.452 e. The molecule has 0 heterocycles. The molecule has 0 radical (unpaired) electrons. The molecule has 0 saturated heterocycles. The largest absolute Gasteiger partial charge is 0.497 e. The number of hydrogen-bond donors (Lipinski definition) is 0. The second-order valence-electron chi connectivity index (χ2n) is 5.46. The molecule has 0 spiro atoms. The Bertz CT molecular complexity index is 824. The molecule has 0 fully saturated rings. The van der Waals surface area contributed by atoms with Crippen LogP contribution in [0.4, 0.5) is 0 Å². The van der Waals surface area contributed by atoms with Crippen molar-refractivity contribution >= 4 is 19.2 Å². The summed E-state index contributed by atoms with van der Waals surface area (Å²) in [5, 5.41) is -0.992. The van der Waals surface area contributed by atoms with E-state index in [0.717, 1.165) is 0 Å². The average molecular weight is 389 g/mol. The second-order valence-corrected chi connectivity index (χ2v) is 8.16. The van der Waals surface area contributed by atoms with Gasteiger partial charge in [0.1, 0.15) is 17.2 Å². The van der Waals surface area contributed by atoms with Crippen molar-refractivity contribution in [1.82, 2.24) is 0 Å². The predicted octanol–water partition coefficient (Wildman–Crippen LogP) is 6.28. The summed E-state index contributed by atoms with van der Waals surface area (Å²) in [5.74, 6) is 1.53. The van der Waals surface area contributed by atoms with Crippen LogP contribution in [0.3, 0.4) is 0 Å².